The Morgan fingerprint density at radius 1 is 1.07 bits per heavy atom. The van der Waals surface area contributed by atoms with Crippen LogP contribution in [0, 0.1) is 6.92 Å². The molecule has 2 aromatic carbocycles. The van der Waals surface area contributed by atoms with Crippen LogP contribution in [0.15, 0.2) is 42.5 Å². The van der Waals surface area contributed by atoms with Gasteiger partial charge in [-0.25, -0.2) is 0 Å². The lowest BCUT2D eigenvalue weighted by atomic mass is 10.0. The number of phenols is 1. The zero-order valence-electron chi connectivity index (χ0n) is 8.57. The molecule has 2 nitrogen and oxygen atoms in total. The number of nitrogens with two attached hydrogens (primary N) is 1. The standard InChI is InChI=1S/C13H13NO/c1-9-5-6-13(14)12(7-9)10-3-2-4-11(15)8-10/h2-8,15H,14H2,1H3. The second kappa shape index (κ2) is 3.65. The van der Waals surface area contributed by atoms with Gasteiger partial charge in [0.25, 0.3) is 0 Å². The predicted octanol–water partition coefficient (Wildman–Crippen LogP) is 2.95. The fourth-order valence-corrected chi connectivity index (χ4v) is 1.59. The van der Waals surface area contributed by atoms with E-state index >= 15 is 0 Å². The Bertz CT molecular complexity index is 492. The molecule has 2 heteroatoms. The van der Waals surface area contributed by atoms with E-state index in [1.807, 2.05) is 37.3 Å². The Labute approximate surface area is 89.0 Å². The van der Waals surface area contributed by atoms with Gasteiger partial charge >= 0.3 is 0 Å². The highest BCUT2D eigenvalue weighted by Crippen LogP contribution is 2.28. The van der Waals surface area contributed by atoms with E-state index in [9.17, 15) is 5.11 Å². The Hall–Kier alpha value is -1.96. The van der Waals surface area contributed by atoms with Gasteiger partial charge in [-0.15, -0.1) is 0 Å². The van der Waals surface area contributed by atoms with Crippen molar-refractivity contribution in [1.82, 2.24) is 0 Å². The van der Waals surface area contributed by atoms with Crippen molar-refractivity contribution in [2.75, 3.05) is 5.73 Å². The van der Waals surface area contributed by atoms with Crippen molar-refractivity contribution in [3.05, 3.63) is 48.0 Å². The van der Waals surface area contributed by atoms with Crippen LogP contribution >= 0.6 is 0 Å². The predicted molar refractivity (Wildman–Crippen MR) is 62.7 cm³/mol. The number of benzene rings is 2. The lowest BCUT2D eigenvalue weighted by molar-refractivity contribution is 0.475. The molecule has 0 bridgehead atoms. The molecule has 0 fully saturated rings. The molecule has 0 aliphatic heterocycles. The Balaban J connectivity index is 2.58. The first-order valence-corrected chi connectivity index (χ1v) is 4.82. The third-order valence-electron chi connectivity index (χ3n) is 2.37. The molecule has 0 spiro atoms. The van der Waals surface area contributed by atoms with Gasteiger partial charge in [-0.1, -0.05) is 23.8 Å². The fourth-order valence-electron chi connectivity index (χ4n) is 1.59. The first-order valence-electron chi connectivity index (χ1n) is 4.82. The number of rotatable bonds is 1. The maximum atomic E-state index is 9.39. The normalized spacial score (nSPS) is 10.2. The molecule has 2 aromatic rings. The van der Waals surface area contributed by atoms with Crippen molar-refractivity contribution in [2.24, 2.45) is 0 Å². The lowest BCUT2D eigenvalue weighted by Crippen LogP contribution is -1.90. The fraction of sp³-hybridized carbons (Fsp3) is 0.0769. The molecule has 0 aliphatic carbocycles. The molecule has 76 valence electrons. The average molecular weight is 199 g/mol. The summed E-state index contributed by atoms with van der Waals surface area (Å²) in [7, 11) is 0. The van der Waals surface area contributed by atoms with Gasteiger partial charge in [-0.3, -0.25) is 0 Å². The molecule has 2 rings (SSSR count). The minimum Gasteiger partial charge on any atom is -0.508 e. The monoisotopic (exact) mass is 199 g/mol. The molecule has 0 amide bonds. The Kier molecular flexibility index (Phi) is 2.34. The number of aryl methyl sites for hydroxylation is 1. The molecule has 0 atom stereocenters. The minimum absolute atomic E-state index is 0.258. The first kappa shape index (κ1) is 9.59. The molecule has 0 saturated carbocycles. The Morgan fingerprint density at radius 2 is 1.87 bits per heavy atom. The van der Waals surface area contributed by atoms with Crippen molar-refractivity contribution in [3.8, 4) is 16.9 Å². The molecular formula is C13H13NO. The van der Waals surface area contributed by atoms with Crippen molar-refractivity contribution in [1.29, 1.82) is 0 Å². The van der Waals surface area contributed by atoms with Crippen molar-refractivity contribution in [3.63, 3.8) is 0 Å². The summed E-state index contributed by atoms with van der Waals surface area (Å²) >= 11 is 0. The molecule has 0 aliphatic rings. The zero-order valence-corrected chi connectivity index (χ0v) is 8.57. The maximum Gasteiger partial charge on any atom is 0.116 e. The van der Waals surface area contributed by atoms with Crippen LogP contribution in [0.25, 0.3) is 11.1 Å². The summed E-state index contributed by atoms with van der Waals surface area (Å²) in [6, 6.07) is 13.0. The first-order chi connectivity index (χ1) is 7.16. The van der Waals surface area contributed by atoms with E-state index in [4.69, 9.17) is 5.73 Å². The van der Waals surface area contributed by atoms with E-state index in [0.29, 0.717) is 0 Å². The number of phenolic OH excluding ortho intramolecular Hbond substituents is 1. The van der Waals surface area contributed by atoms with Gasteiger partial charge in [0.15, 0.2) is 0 Å². The van der Waals surface area contributed by atoms with Gasteiger partial charge in [0, 0.05) is 11.3 Å². The van der Waals surface area contributed by atoms with Gasteiger partial charge < -0.3 is 10.8 Å². The van der Waals surface area contributed by atoms with Crippen LogP contribution in [0.5, 0.6) is 5.75 Å². The van der Waals surface area contributed by atoms with E-state index in [1.165, 1.54) is 0 Å². The highest BCUT2D eigenvalue weighted by molar-refractivity contribution is 5.77. The third-order valence-corrected chi connectivity index (χ3v) is 2.37. The quantitative estimate of drug-likeness (QED) is 0.693. The summed E-state index contributed by atoms with van der Waals surface area (Å²) in [5.74, 6) is 0.258. The van der Waals surface area contributed by atoms with Crippen LogP contribution in [0.1, 0.15) is 5.56 Å². The lowest BCUT2D eigenvalue weighted by Gasteiger charge is -2.07. The molecule has 3 N–H and O–H groups in total. The van der Waals surface area contributed by atoms with Crippen LogP contribution in [0.4, 0.5) is 5.69 Å². The number of hydrogen-bond donors (Lipinski definition) is 2. The molecule has 0 saturated heterocycles. The molecule has 15 heavy (non-hydrogen) atoms. The van der Waals surface area contributed by atoms with E-state index in [-0.39, 0.29) is 5.75 Å². The van der Waals surface area contributed by atoms with E-state index < -0.39 is 0 Å². The topological polar surface area (TPSA) is 46.2 Å². The SMILES string of the molecule is Cc1ccc(N)c(-c2cccc(O)c2)c1. The summed E-state index contributed by atoms with van der Waals surface area (Å²) in [5, 5.41) is 9.39. The summed E-state index contributed by atoms with van der Waals surface area (Å²) in [6.07, 6.45) is 0. The van der Waals surface area contributed by atoms with Crippen LogP contribution in [-0.4, -0.2) is 5.11 Å². The highest BCUT2D eigenvalue weighted by Gasteiger charge is 2.03. The van der Waals surface area contributed by atoms with E-state index in [1.54, 1.807) is 12.1 Å². The smallest absolute Gasteiger partial charge is 0.116 e. The summed E-state index contributed by atoms with van der Waals surface area (Å²) in [5.41, 5.74) is 9.68. The van der Waals surface area contributed by atoms with Crippen molar-refractivity contribution in [2.45, 2.75) is 6.92 Å². The van der Waals surface area contributed by atoms with E-state index in [0.717, 1.165) is 22.4 Å². The third kappa shape index (κ3) is 1.94. The second-order valence-electron chi connectivity index (χ2n) is 3.64. The van der Waals surface area contributed by atoms with E-state index in [2.05, 4.69) is 0 Å². The highest BCUT2D eigenvalue weighted by atomic mass is 16.3. The largest absolute Gasteiger partial charge is 0.508 e. The maximum absolute atomic E-state index is 9.39. The minimum atomic E-state index is 0.258. The average Bonchev–Trinajstić information content (AvgIpc) is 2.22. The van der Waals surface area contributed by atoms with Gasteiger partial charge in [0.2, 0.25) is 0 Å². The van der Waals surface area contributed by atoms with Crippen LogP contribution in [0.2, 0.25) is 0 Å². The second-order valence-corrected chi connectivity index (χ2v) is 3.64. The van der Waals surface area contributed by atoms with Crippen LogP contribution in [0.3, 0.4) is 0 Å². The van der Waals surface area contributed by atoms with Crippen molar-refractivity contribution < 1.29 is 5.11 Å². The number of anilines is 1. The summed E-state index contributed by atoms with van der Waals surface area (Å²) in [6.45, 7) is 2.02. The summed E-state index contributed by atoms with van der Waals surface area (Å²) < 4.78 is 0. The molecule has 0 radical (unpaired) electrons. The molecule has 0 unspecified atom stereocenters. The van der Waals surface area contributed by atoms with Crippen LogP contribution < -0.4 is 5.73 Å². The van der Waals surface area contributed by atoms with Gasteiger partial charge in [0.1, 0.15) is 5.75 Å². The Morgan fingerprint density at radius 3 is 2.60 bits per heavy atom. The summed E-state index contributed by atoms with van der Waals surface area (Å²) in [4.78, 5) is 0. The van der Waals surface area contributed by atoms with Crippen molar-refractivity contribution >= 4 is 5.69 Å². The number of nitrogen functional groups attached to an aromatic ring is 1. The van der Waals surface area contributed by atoms with Gasteiger partial charge in [0.05, 0.1) is 0 Å². The number of hydrogen-bond acceptors (Lipinski definition) is 2. The van der Waals surface area contributed by atoms with Gasteiger partial charge in [-0.05, 0) is 36.8 Å². The van der Waals surface area contributed by atoms with Gasteiger partial charge in [-0.2, -0.15) is 0 Å². The van der Waals surface area contributed by atoms with Crippen LogP contribution in [-0.2, 0) is 0 Å². The molecule has 0 heterocycles. The molecular weight excluding hydrogens is 186 g/mol. The zero-order chi connectivity index (χ0) is 10.8. The molecule has 0 aromatic heterocycles. The number of aromatic hydroxyl groups is 1.